The Morgan fingerprint density at radius 3 is 2.84 bits per heavy atom. The van der Waals surface area contributed by atoms with Crippen molar-refractivity contribution in [1.29, 1.82) is 5.26 Å². The van der Waals surface area contributed by atoms with Crippen molar-refractivity contribution in [2.24, 2.45) is 0 Å². The summed E-state index contributed by atoms with van der Waals surface area (Å²) in [5, 5.41) is 12.5. The van der Waals surface area contributed by atoms with Gasteiger partial charge in [0.25, 0.3) is 0 Å². The number of nitriles is 1. The molecule has 3 N–H and O–H groups in total. The Bertz CT molecular complexity index is 1290. The highest BCUT2D eigenvalue weighted by atomic mass is 32.2. The van der Waals surface area contributed by atoms with Gasteiger partial charge in [0.1, 0.15) is 12.4 Å². The smallest absolute Gasteiger partial charge is 0.229 e. The van der Waals surface area contributed by atoms with Crippen molar-refractivity contribution in [1.82, 2.24) is 15.4 Å². The molecule has 10 heteroatoms. The zero-order valence-corrected chi connectivity index (χ0v) is 18.5. The number of anilines is 5. The lowest BCUT2D eigenvalue weighted by atomic mass is 10.1. The molecule has 32 heavy (non-hydrogen) atoms. The van der Waals surface area contributed by atoms with Crippen molar-refractivity contribution in [3.63, 3.8) is 0 Å². The molecule has 9 nitrogen and oxygen atoms in total. The average molecular weight is 450 g/mol. The summed E-state index contributed by atoms with van der Waals surface area (Å²) in [6.45, 7) is 2.18. The van der Waals surface area contributed by atoms with Gasteiger partial charge in [-0.2, -0.15) is 10.2 Å². The molecular weight excluding hydrogens is 426 g/mol. The van der Waals surface area contributed by atoms with Gasteiger partial charge in [-0.15, -0.1) is 0 Å². The van der Waals surface area contributed by atoms with E-state index in [0.29, 0.717) is 23.0 Å². The quantitative estimate of drug-likeness (QED) is 0.466. The van der Waals surface area contributed by atoms with Crippen molar-refractivity contribution < 1.29 is 8.42 Å². The number of hydrogen-bond acceptors (Lipinski definition) is 9. The molecule has 1 unspecified atom stereocenters. The van der Waals surface area contributed by atoms with Crippen LogP contribution in [-0.4, -0.2) is 31.2 Å². The zero-order chi connectivity index (χ0) is 22.7. The Labute approximate surface area is 187 Å². The predicted molar refractivity (Wildman–Crippen MR) is 125 cm³/mol. The molecule has 1 aliphatic heterocycles. The third kappa shape index (κ3) is 4.96. The molecule has 0 saturated heterocycles. The first-order valence-electron chi connectivity index (χ1n) is 9.99. The zero-order valence-electron chi connectivity index (χ0n) is 17.7. The number of benzene rings is 2. The standard InChI is InChI=1S/C22H23N7O2S/c1-15-19-7-6-18(13-20(19)28-27-15)29(11-9-23)21-8-10-24-22(26-21)25-17-5-3-4-16(12-17)14-32(2,30)31/h3-8,10,12-13,15,27-28H,11,14H2,1-2H3,(H,24,25,26). The number of hydrazine groups is 1. The average Bonchev–Trinajstić information content (AvgIpc) is 3.11. The van der Waals surface area contributed by atoms with Crippen molar-refractivity contribution in [2.45, 2.75) is 18.7 Å². The first kappa shape index (κ1) is 21.5. The van der Waals surface area contributed by atoms with E-state index in [1.165, 1.54) is 6.26 Å². The Hall–Kier alpha value is -3.68. The summed E-state index contributed by atoms with van der Waals surface area (Å²) in [6, 6.07) is 17.2. The lowest BCUT2D eigenvalue weighted by molar-refractivity contribution is 0.601. The number of sulfone groups is 1. The van der Waals surface area contributed by atoms with Gasteiger partial charge in [-0.1, -0.05) is 18.2 Å². The van der Waals surface area contributed by atoms with Crippen LogP contribution in [0.4, 0.5) is 28.8 Å². The Kier molecular flexibility index (Phi) is 5.94. The number of rotatable bonds is 7. The fraction of sp³-hybridized carbons (Fsp3) is 0.227. The van der Waals surface area contributed by atoms with Crippen LogP contribution in [0.1, 0.15) is 24.1 Å². The Morgan fingerprint density at radius 2 is 2.06 bits per heavy atom. The number of nitrogens with zero attached hydrogens (tertiary/aromatic N) is 4. The molecule has 0 bridgehead atoms. The second kappa shape index (κ2) is 8.82. The summed E-state index contributed by atoms with van der Waals surface area (Å²) in [7, 11) is -3.14. The second-order valence-electron chi connectivity index (χ2n) is 7.64. The molecule has 1 atom stereocenters. The van der Waals surface area contributed by atoms with Crippen LogP contribution in [0.15, 0.2) is 54.7 Å². The SMILES string of the molecule is CC1NNc2cc(N(CC#N)c3ccnc(Nc4cccc(CS(C)(=O)=O)c4)n3)ccc21. The Balaban J connectivity index is 1.60. The first-order valence-corrected chi connectivity index (χ1v) is 12.1. The van der Waals surface area contributed by atoms with Gasteiger partial charge in [-0.05, 0) is 48.4 Å². The first-order chi connectivity index (χ1) is 15.3. The van der Waals surface area contributed by atoms with Crippen LogP contribution in [0.25, 0.3) is 0 Å². The van der Waals surface area contributed by atoms with Crippen LogP contribution < -0.4 is 21.1 Å². The lowest BCUT2D eigenvalue weighted by Gasteiger charge is -2.22. The minimum atomic E-state index is -3.14. The fourth-order valence-electron chi connectivity index (χ4n) is 3.57. The third-order valence-corrected chi connectivity index (χ3v) is 5.85. The highest BCUT2D eigenvalue weighted by Gasteiger charge is 2.20. The van der Waals surface area contributed by atoms with Gasteiger partial charge in [0, 0.05) is 23.8 Å². The van der Waals surface area contributed by atoms with E-state index in [1.54, 1.807) is 35.4 Å². The van der Waals surface area contributed by atoms with E-state index in [-0.39, 0.29) is 18.3 Å². The molecule has 0 aliphatic carbocycles. The molecule has 0 spiro atoms. The van der Waals surface area contributed by atoms with Crippen molar-refractivity contribution in [3.8, 4) is 6.07 Å². The maximum atomic E-state index is 11.6. The normalized spacial score (nSPS) is 14.8. The van der Waals surface area contributed by atoms with Crippen molar-refractivity contribution >= 4 is 38.7 Å². The van der Waals surface area contributed by atoms with Crippen LogP contribution in [0.2, 0.25) is 0 Å². The van der Waals surface area contributed by atoms with E-state index in [2.05, 4.69) is 39.1 Å². The van der Waals surface area contributed by atoms with Gasteiger partial charge < -0.3 is 15.6 Å². The van der Waals surface area contributed by atoms with Crippen LogP contribution >= 0.6 is 0 Å². The Morgan fingerprint density at radius 1 is 1.22 bits per heavy atom. The summed E-state index contributed by atoms with van der Waals surface area (Å²) < 4.78 is 23.2. The van der Waals surface area contributed by atoms with Gasteiger partial charge in [-0.3, -0.25) is 0 Å². The molecule has 1 aromatic heterocycles. The molecule has 164 valence electrons. The number of hydrogen-bond donors (Lipinski definition) is 3. The minimum absolute atomic E-state index is 0.0425. The molecule has 0 fully saturated rings. The number of nitrogens with one attached hydrogen (secondary N) is 3. The highest BCUT2D eigenvalue weighted by Crippen LogP contribution is 2.34. The fourth-order valence-corrected chi connectivity index (χ4v) is 4.35. The van der Waals surface area contributed by atoms with Crippen LogP contribution in [0.3, 0.4) is 0 Å². The minimum Gasteiger partial charge on any atom is -0.324 e. The molecule has 4 rings (SSSR count). The van der Waals surface area contributed by atoms with Gasteiger partial charge in [0.15, 0.2) is 9.84 Å². The molecule has 3 aromatic rings. The summed E-state index contributed by atoms with van der Waals surface area (Å²) in [5.41, 5.74) is 10.6. The van der Waals surface area contributed by atoms with Crippen LogP contribution in [0.5, 0.6) is 0 Å². The van der Waals surface area contributed by atoms with Crippen LogP contribution in [0, 0.1) is 11.3 Å². The van der Waals surface area contributed by atoms with Gasteiger partial charge in [-0.25, -0.2) is 18.8 Å². The predicted octanol–water partition coefficient (Wildman–Crippen LogP) is 3.42. The van der Waals surface area contributed by atoms with E-state index in [0.717, 1.165) is 16.9 Å². The number of fused-ring (bicyclic) bond motifs is 1. The van der Waals surface area contributed by atoms with Crippen LogP contribution in [-0.2, 0) is 15.6 Å². The summed E-state index contributed by atoms with van der Waals surface area (Å²) in [5.74, 6) is 0.867. The molecular formula is C22H23N7O2S. The lowest BCUT2D eigenvalue weighted by Crippen LogP contribution is -2.19. The monoisotopic (exact) mass is 449 g/mol. The molecule has 0 amide bonds. The topological polar surface area (TPSA) is 123 Å². The molecule has 0 radical (unpaired) electrons. The van der Waals surface area contributed by atoms with E-state index >= 15 is 0 Å². The number of aromatic nitrogens is 2. The second-order valence-corrected chi connectivity index (χ2v) is 9.78. The summed E-state index contributed by atoms with van der Waals surface area (Å²) in [4.78, 5) is 10.6. The largest absolute Gasteiger partial charge is 0.324 e. The highest BCUT2D eigenvalue weighted by molar-refractivity contribution is 7.89. The van der Waals surface area contributed by atoms with E-state index in [1.807, 2.05) is 24.3 Å². The van der Waals surface area contributed by atoms with E-state index < -0.39 is 9.84 Å². The van der Waals surface area contributed by atoms with E-state index in [4.69, 9.17) is 0 Å². The molecule has 2 aromatic carbocycles. The third-order valence-electron chi connectivity index (χ3n) is 5.00. The maximum absolute atomic E-state index is 11.6. The summed E-state index contributed by atoms with van der Waals surface area (Å²) >= 11 is 0. The summed E-state index contributed by atoms with van der Waals surface area (Å²) in [6.07, 6.45) is 2.82. The molecule has 0 saturated carbocycles. The van der Waals surface area contributed by atoms with Crippen molar-refractivity contribution in [3.05, 3.63) is 65.9 Å². The maximum Gasteiger partial charge on any atom is 0.229 e. The van der Waals surface area contributed by atoms with Crippen molar-refractivity contribution in [2.75, 3.05) is 28.4 Å². The van der Waals surface area contributed by atoms with Gasteiger partial charge >= 0.3 is 0 Å². The van der Waals surface area contributed by atoms with E-state index in [9.17, 15) is 13.7 Å². The molecule has 1 aliphatic rings. The van der Waals surface area contributed by atoms with Gasteiger partial charge in [0.05, 0.1) is 23.6 Å². The van der Waals surface area contributed by atoms with Gasteiger partial charge in [0.2, 0.25) is 5.95 Å². The molecule has 2 heterocycles.